The number of nitrogens with one attached hydrogen (secondary N) is 1. The van der Waals surface area contributed by atoms with Crippen LogP contribution in [0.2, 0.25) is 5.02 Å². The number of rotatable bonds is 6. The van der Waals surface area contributed by atoms with E-state index in [2.05, 4.69) is 10.2 Å². The van der Waals surface area contributed by atoms with E-state index >= 15 is 0 Å². The summed E-state index contributed by atoms with van der Waals surface area (Å²) in [5.74, 6) is 0.145. The van der Waals surface area contributed by atoms with Gasteiger partial charge in [0.05, 0.1) is 31.9 Å². The van der Waals surface area contributed by atoms with Crippen molar-refractivity contribution < 1.29 is 18.7 Å². The van der Waals surface area contributed by atoms with Crippen LogP contribution in [0.25, 0.3) is 0 Å². The molecule has 27 heavy (non-hydrogen) atoms. The smallest absolute Gasteiger partial charge is 0.227 e. The molecular formula is C20H22ClFN2O3. The maximum atomic E-state index is 13.0. The Bertz CT molecular complexity index is 785. The van der Waals surface area contributed by atoms with Gasteiger partial charge in [-0.1, -0.05) is 23.7 Å². The van der Waals surface area contributed by atoms with Gasteiger partial charge >= 0.3 is 0 Å². The molecule has 1 N–H and O–H groups in total. The fourth-order valence-electron chi connectivity index (χ4n) is 3.08. The average Bonchev–Trinajstić information content (AvgIpc) is 2.64. The zero-order chi connectivity index (χ0) is 19.2. The van der Waals surface area contributed by atoms with Gasteiger partial charge in [-0.05, 0) is 35.9 Å². The van der Waals surface area contributed by atoms with E-state index in [1.54, 1.807) is 30.3 Å². The first-order chi connectivity index (χ1) is 13.0. The van der Waals surface area contributed by atoms with Gasteiger partial charge in [-0.2, -0.15) is 0 Å². The number of amides is 1. The molecule has 1 aliphatic rings. The van der Waals surface area contributed by atoms with Crippen molar-refractivity contribution in [3.8, 4) is 5.75 Å². The standard InChI is InChI=1S/C20H22ClFN2O3/c1-26-19-7-4-15(21)10-18(19)23-20(25)11-17-13-24(8-9-27-17)12-14-2-5-16(22)6-3-14/h2-7,10,17H,8-9,11-13H2,1H3,(H,23,25). The third-order valence-corrected chi connectivity index (χ3v) is 4.63. The van der Waals surface area contributed by atoms with Crippen LogP contribution in [0.1, 0.15) is 12.0 Å². The summed E-state index contributed by atoms with van der Waals surface area (Å²) >= 11 is 5.99. The predicted octanol–water partition coefficient (Wildman–Crippen LogP) is 3.72. The molecular weight excluding hydrogens is 371 g/mol. The Morgan fingerprint density at radius 1 is 1.33 bits per heavy atom. The topological polar surface area (TPSA) is 50.8 Å². The lowest BCUT2D eigenvalue weighted by atomic mass is 10.1. The Hall–Kier alpha value is -2.15. The molecule has 3 rings (SSSR count). The Labute approximate surface area is 163 Å². The van der Waals surface area contributed by atoms with Crippen LogP contribution in [0.15, 0.2) is 42.5 Å². The lowest BCUT2D eigenvalue weighted by molar-refractivity contribution is -0.121. The highest BCUT2D eigenvalue weighted by atomic mass is 35.5. The second-order valence-electron chi connectivity index (χ2n) is 6.45. The van der Waals surface area contributed by atoms with E-state index < -0.39 is 0 Å². The van der Waals surface area contributed by atoms with Gasteiger partial charge in [-0.15, -0.1) is 0 Å². The summed E-state index contributed by atoms with van der Waals surface area (Å²) in [5.41, 5.74) is 1.57. The molecule has 2 aromatic rings. The Morgan fingerprint density at radius 2 is 2.11 bits per heavy atom. The van der Waals surface area contributed by atoms with Crippen molar-refractivity contribution in [3.05, 3.63) is 58.9 Å². The maximum absolute atomic E-state index is 13.0. The monoisotopic (exact) mass is 392 g/mol. The summed E-state index contributed by atoms with van der Waals surface area (Å²) in [6.07, 6.45) is 0.0275. The predicted molar refractivity (Wildman–Crippen MR) is 103 cm³/mol. The van der Waals surface area contributed by atoms with Crippen LogP contribution in [0.5, 0.6) is 5.75 Å². The van der Waals surface area contributed by atoms with E-state index in [0.29, 0.717) is 36.2 Å². The minimum Gasteiger partial charge on any atom is -0.495 e. The molecule has 1 atom stereocenters. The molecule has 0 radical (unpaired) electrons. The summed E-state index contributed by atoms with van der Waals surface area (Å²) in [7, 11) is 1.54. The van der Waals surface area contributed by atoms with Crippen LogP contribution < -0.4 is 10.1 Å². The number of ether oxygens (including phenoxy) is 2. The fourth-order valence-corrected chi connectivity index (χ4v) is 3.25. The molecule has 1 amide bonds. The summed E-state index contributed by atoms with van der Waals surface area (Å²) in [6, 6.07) is 11.5. The van der Waals surface area contributed by atoms with Gasteiger partial charge in [0.15, 0.2) is 0 Å². The van der Waals surface area contributed by atoms with Gasteiger partial charge in [0, 0.05) is 24.7 Å². The summed E-state index contributed by atoms with van der Waals surface area (Å²) in [5, 5.41) is 3.35. The van der Waals surface area contributed by atoms with Gasteiger partial charge in [-0.25, -0.2) is 4.39 Å². The van der Waals surface area contributed by atoms with E-state index in [4.69, 9.17) is 21.1 Å². The van der Waals surface area contributed by atoms with Gasteiger partial charge in [0.25, 0.3) is 0 Å². The molecule has 144 valence electrons. The van der Waals surface area contributed by atoms with E-state index in [0.717, 1.165) is 12.1 Å². The summed E-state index contributed by atoms with van der Waals surface area (Å²) < 4.78 is 24.0. The largest absolute Gasteiger partial charge is 0.495 e. The molecule has 0 saturated carbocycles. The van der Waals surface area contributed by atoms with Crippen molar-refractivity contribution >= 4 is 23.2 Å². The van der Waals surface area contributed by atoms with E-state index in [-0.39, 0.29) is 24.2 Å². The zero-order valence-corrected chi connectivity index (χ0v) is 15.8. The van der Waals surface area contributed by atoms with Crippen LogP contribution in [0, 0.1) is 5.82 Å². The minimum absolute atomic E-state index is 0.163. The average molecular weight is 393 g/mol. The molecule has 0 spiro atoms. The normalized spacial score (nSPS) is 17.5. The number of nitrogens with zero attached hydrogens (tertiary/aromatic N) is 1. The molecule has 5 nitrogen and oxygen atoms in total. The van der Waals surface area contributed by atoms with Gasteiger partial charge in [-0.3, -0.25) is 9.69 Å². The van der Waals surface area contributed by atoms with Crippen LogP contribution in [-0.2, 0) is 16.1 Å². The van der Waals surface area contributed by atoms with E-state index in [1.165, 1.54) is 19.2 Å². The number of halogens is 2. The highest BCUT2D eigenvalue weighted by Gasteiger charge is 2.23. The first kappa shape index (κ1) is 19.6. The number of carbonyl (C=O) groups excluding carboxylic acids is 1. The number of methoxy groups -OCH3 is 1. The molecule has 1 saturated heterocycles. The number of benzene rings is 2. The highest BCUT2D eigenvalue weighted by Crippen LogP contribution is 2.28. The molecule has 0 aromatic heterocycles. The Balaban J connectivity index is 1.55. The lowest BCUT2D eigenvalue weighted by Crippen LogP contribution is -2.43. The molecule has 1 heterocycles. The lowest BCUT2D eigenvalue weighted by Gasteiger charge is -2.32. The zero-order valence-electron chi connectivity index (χ0n) is 15.1. The molecule has 1 fully saturated rings. The summed E-state index contributed by atoms with van der Waals surface area (Å²) in [6.45, 7) is 2.67. The van der Waals surface area contributed by atoms with Crippen LogP contribution in [0.4, 0.5) is 10.1 Å². The van der Waals surface area contributed by atoms with Crippen molar-refractivity contribution in [2.24, 2.45) is 0 Å². The molecule has 1 unspecified atom stereocenters. The van der Waals surface area contributed by atoms with Gasteiger partial charge in [0.1, 0.15) is 11.6 Å². The van der Waals surface area contributed by atoms with Crippen LogP contribution in [-0.4, -0.2) is 43.7 Å². The third-order valence-electron chi connectivity index (χ3n) is 4.39. The first-order valence-corrected chi connectivity index (χ1v) is 9.13. The summed E-state index contributed by atoms with van der Waals surface area (Å²) in [4.78, 5) is 14.6. The van der Waals surface area contributed by atoms with Crippen molar-refractivity contribution in [1.29, 1.82) is 0 Å². The number of carbonyl (C=O) groups is 1. The maximum Gasteiger partial charge on any atom is 0.227 e. The Morgan fingerprint density at radius 3 is 2.85 bits per heavy atom. The van der Waals surface area contributed by atoms with Gasteiger partial charge < -0.3 is 14.8 Å². The quantitative estimate of drug-likeness (QED) is 0.814. The number of anilines is 1. The van der Waals surface area contributed by atoms with E-state index in [9.17, 15) is 9.18 Å². The van der Waals surface area contributed by atoms with Crippen molar-refractivity contribution in [2.75, 3.05) is 32.1 Å². The van der Waals surface area contributed by atoms with Crippen molar-refractivity contribution in [2.45, 2.75) is 19.1 Å². The molecule has 1 aliphatic heterocycles. The molecule has 7 heteroatoms. The fraction of sp³-hybridized carbons (Fsp3) is 0.350. The van der Waals surface area contributed by atoms with Crippen molar-refractivity contribution in [1.82, 2.24) is 4.90 Å². The van der Waals surface area contributed by atoms with Crippen LogP contribution >= 0.6 is 11.6 Å². The minimum atomic E-state index is -0.244. The highest BCUT2D eigenvalue weighted by molar-refractivity contribution is 6.31. The number of hydrogen-bond donors (Lipinski definition) is 1. The second-order valence-corrected chi connectivity index (χ2v) is 6.89. The SMILES string of the molecule is COc1ccc(Cl)cc1NC(=O)CC1CN(Cc2ccc(F)cc2)CCO1. The number of hydrogen-bond acceptors (Lipinski definition) is 4. The van der Waals surface area contributed by atoms with Crippen LogP contribution in [0.3, 0.4) is 0 Å². The Kier molecular flexibility index (Phi) is 6.66. The van der Waals surface area contributed by atoms with Crippen molar-refractivity contribution in [3.63, 3.8) is 0 Å². The van der Waals surface area contributed by atoms with E-state index in [1.807, 2.05) is 0 Å². The number of morpholine rings is 1. The molecule has 0 bridgehead atoms. The third kappa shape index (κ3) is 5.66. The second kappa shape index (κ2) is 9.17. The molecule has 0 aliphatic carbocycles. The first-order valence-electron chi connectivity index (χ1n) is 8.75. The van der Waals surface area contributed by atoms with Gasteiger partial charge in [0.2, 0.25) is 5.91 Å². The molecule has 2 aromatic carbocycles.